The molecule has 0 amide bonds. The quantitative estimate of drug-likeness (QED) is 0.899. The molecule has 2 heterocycles. The van der Waals surface area contributed by atoms with Crippen LogP contribution in [0, 0.1) is 0 Å². The van der Waals surface area contributed by atoms with Crippen molar-refractivity contribution in [2.24, 2.45) is 0 Å². The van der Waals surface area contributed by atoms with E-state index in [4.69, 9.17) is 28.3 Å². The van der Waals surface area contributed by atoms with Gasteiger partial charge < -0.3 is 5.11 Å². The van der Waals surface area contributed by atoms with Gasteiger partial charge in [-0.1, -0.05) is 23.2 Å². The monoisotopic (exact) mass is 256 g/mol. The molecular weight excluding hydrogens is 251 g/mol. The lowest BCUT2D eigenvalue weighted by Crippen LogP contribution is -2.08. The molecule has 0 bridgehead atoms. The average Bonchev–Trinajstić information content (AvgIpc) is 2.61. The molecule has 0 fully saturated rings. The molecule has 16 heavy (non-hydrogen) atoms. The van der Waals surface area contributed by atoms with Gasteiger partial charge >= 0.3 is 5.97 Å². The van der Waals surface area contributed by atoms with E-state index in [1.165, 1.54) is 22.9 Å². The van der Waals surface area contributed by atoms with E-state index in [1.807, 2.05) is 0 Å². The van der Waals surface area contributed by atoms with E-state index in [-0.39, 0.29) is 10.8 Å². The first-order valence-corrected chi connectivity index (χ1v) is 5.08. The fourth-order valence-electron chi connectivity index (χ4n) is 1.34. The lowest BCUT2D eigenvalue weighted by Gasteiger charge is -2.08. The zero-order valence-corrected chi connectivity index (χ0v) is 9.40. The van der Waals surface area contributed by atoms with Gasteiger partial charge in [0.1, 0.15) is 10.8 Å². The summed E-state index contributed by atoms with van der Waals surface area (Å²) >= 11 is 11.8. The Hall–Kier alpha value is -1.52. The molecule has 0 aromatic carbocycles. The molecule has 0 unspecified atom stereocenters. The predicted octanol–water partition coefficient (Wildman–Crippen LogP) is 2.88. The van der Waals surface area contributed by atoms with Gasteiger partial charge in [-0.15, -0.1) is 0 Å². The first-order valence-electron chi connectivity index (χ1n) is 4.32. The van der Waals surface area contributed by atoms with Crippen LogP contribution in [0.4, 0.5) is 0 Å². The number of carboxylic acids is 1. The van der Waals surface area contributed by atoms with Crippen molar-refractivity contribution in [1.82, 2.24) is 9.55 Å². The first-order chi connectivity index (χ1) is 7.61. The van der Waals surface area contributed by atoms with Gasteiger partial charge in [-0.25, -0.2) is 9.78 Å². The molecule has 2 rings (SSSR count). The van der Waals surface area contributed by atoms with Crippen LogP contribution in [0.2, 0.25) is 10.2 Å². The van der Waals surface area contributed by atoms with Crippen LogP contribution < -0.4 is 0 Å². The smallest absolute Gasteiger partial charge is 0.352 e. The average molecular weight is 257 g/mol. The van der Waals surface area contributed by atoms with E-state index in [0.29, 0.717) is 10.8 Å². The van der Waals surface area contributed by atoms with Crippen molar-refractivity contribution < 1.29 is 9.90 Å². The van der Waals surface area contributed by atoms with Gasteiger partial charge in [0, 0.05) is 6.20 Å². The van der Waals surface area contributed by atoms with Crippen LogP contribution in [-0.4, -0.2) is 20.6 Å². The Morgan fingerprint density at radius 2 is 2.06 bits per heavy atom. The van der Waals surface area contributed by atoms with E-state index in [0.717, 1.165) is 0 Å². The van der Waals surface area contributed by atoms with Crippen LogP contribution in [0.15, 0.2) is 30.5 Å². The Morgan fingerprint density at radius 3 is 2.69 bits per heavy atom. The van der Waals surface area contributed by atoms with Crippen molar-refractivity contribution in [3.8, 4) is 5.82 Å². The molecule has 0 radical (unpaired) electrons. The van der Waals surface area contributed by atoms with Gasteiger partial charge in [0.05, 0.1) is 5.02 Å². The third-order valence-corrected chi connectivity index (χ3v) is 2.59. The third kappa shape index (κ3) is 1.77. The van der Waals surface area contributed by atoms with Crippen LogP contribution in [0.3, 0.4) is 0 Å². The maximum Gasteiger partial charge on any atom is 0.352 e. The number of aromatic carboxylic acids is 1. The number of nitrogens with zero attached hydrogens (tertiary/aromatic N) is 2. The van der Waals surface area contributed by atoms with E-state index in [2.05, 4.69) is 4.98 Å². The Labute approximate surface area is 101 Å². The fourth-order valence-corrected chi connectivity index (χ4v) is 1.78. The molecule has 0 aliphatic rings. The van der Waals surface area contributed by atoms with Crippen molar-refractivity contribution >= 4 is 29.2 Å². The molecule has 1 N–H and O–H groups in total. The van der Waals surface area contributed by atoms with Crippen LogP contribution >= 0.6 is 23.2 Å². The van der Waals surface area contributed by atoms with E-state index in [1.54, 1.807) is 12.1 Å². The molecule has 0 saturated heterocycles. The highest BCUT2D eigenvalue weighted by Gasteiger charge is 2.16. The van der Waals surface area contributed by atoms with Crippen LogP contribution in [0.1, 0.15) is 10.5 Å². The highest BCUT2D eigenvalue weighted by atomic mass is 35.5. The largest absolute Gasteiger partial charge is 0.477 e. The molecule has 82 valence electrons. The summed E-state index contributed by atoms with van der Waals surface area (Å²) in [6.45, 7) is 0. The molecule has 0 aliphatic heterocycles. The summed E-state index contributed by atoms with van der Waals surface area (Å²) in [4.78, 5) is 15.0. The third-order valence-electron chi connectivity index (χ3n) is 2.00. The van der Waals surface area contributed by atoms with Crippen molar-refractivity contribution in [3.63, 3.8) is 0 Å². The maximum absolute atomic E-state index is 11.0. The van der Waals surface area contributed by atoms with Gasteiger partial charge in [0.15, 0.2) is 5.82 Å². The van der Waals surface area contributed by atoms with Crippen LogP contribution in [0.25, 0.3) is 5.82 Å². The van der Waals surface area contributed by atoms with Crippen molar-refractivity contribution in [1.29, 1.82) is 0 Å². The minimum atomic E-state index is -1.09. The van der Waals surface area contributed by atoms with E-state index >= 15 is 0 Å². The molecule has 0 aliphatic carbocycles. The zero-order valence-electron chi connectivity index (χ0n) is 7.89. The summed E-state index contributed by atoms with van der Waals surface area (Å²) < 4.78 is 1.28. The number of aromatic nitrogens is 2. The number of hydrogen-bond acceptors (Lipinski definition) is 2. The fraction of sp³-hybridized carbons (Fsp3) is 0. The first kappa shape index (κ1) is 11.0. The second kappa shape index (κ2) is 4.15. The topological polar surface area (TPSA) is 55.1 Å². The molecule has 2 aromatic rings. The number of pyridine rings is 1. The molecule has 0 spiro atoms. The van der Waals surface area contributed by atoms with Gasteiger partial charge in [0.25, 0.3) is 0 Å². The highest BCUT2D eigenvalue weighted by molar-refractivity contribution is 6.33. The number of rotatable bonds is 2. The number of hydrogen-bond donors (Lipinski definition) is 1. The van der Waals surface area contributed by atoms with Crippen molar-refractivity contribution in [3.05, 3.63) is 46.3 Å². The Kier molecular flexibility index (Phi) is 2.85. The SMILES string of the molecule is O=C(O)c1ccc(Cl)n1-c1ncccc1Cl. The zero-order chi connectivity index (χ0) is 11.7. The Balaban J connectivity index is 2.68. The number of carbonyl (C=O) groups is 1. The number of halogens is 2. The van der Waals surface area contributed by atoms with Crippen molar-refractivity contribution in [2.75, 3.05) is 0 Å². The minimum absolute atomic E-state index is 0.0191. The van der Waals surface area contributed by atoms with Crippen molar-refractivity contribution in [2.45, 2.75) is 0 Å². The highest BCUT2D eigenvalue weighted by Crippen LogP contribution is 2.24. The van der Waals surface area contributed by atoms with Crippen LogP contribution in [-0.2, 0) is 0 Å². The normalized spacial score (nSPS) is 10.4. The van der Waals surface area contributed by atoms with Gasteiger partial charge in [0.2, 0.25) is 0 Å². The molecule has 6 heteroatoms. The Bertz CT molecular complexity index is 552. The summed E-state index contributed by atoms with van der Waals surface area (Å²) in [6, 6.07) is 6.15. The van der Waals surface area contributed by atoms with E-state index < -0.39 is 5.97 Å². The number of carboxylic acid groups (broad SMARTS) is 1. The molecule has 0 saturated carbocycles. The summed E-state index contributed by atoms with van der Waals surface area (Å²) in [7, 11) is 0. The summed E-state index contributed by atoms with van der Waals surface area (Å²) in [5.74, 6) is -0.787. The lowest BCUT2D eigenvalue weighted by molar-refractivity contribution is 0.0688. The molecule has 0 atom stereocenters. The van der Waals surface area contributed by atoms with Gasteiger partial charge in [-0.05, 0) is 24.3 Å². The predicted molar refractivity (Wildman–Crippen MR) is 60.5 cm³/mol. The van der Waals surface area contributed by atoms with Crippen LogP contribution in [0.5, 0.6) is 0 Å². The second-order valence-corrected chi connectivity index (χ2v) is 3.79. The summed E-state index contributed by atoms with van der Waals surface area (Å²) in [5.41, 5.74) is 0.0191. The molecular formula is C10H6Cl2N2O2. The summed E-state index contributed by atoms with van der Waals surface area (Å²) in [6.07, 6.45) is 1.52. The minimum Gasteiger partial charge on any atom is -0.477 e. The second-order valence-electron chi connectivity index (χ2n) is 2.99. The maximum atomic E-state index is 11.0. The Morgan fingerprint density at radius 1 is 1.31 bits per heavy atom. The summed E-state index contributed by atoms with van der Waals surface area (Å²) in [5, 5.41) is 9.57. The molecule has 2 aromatic heterocycles. The molecule has 4 nitrogen and oxygen atoms in total. The van der Waals surface area contributed by atoms with E-state index in [9.17, 15) is 4.79 Å². The standard InChI is InChI=1S/C10H6Cl2N2O2/c11-6-2-1-5-13-9(6)14-7(10(15)16)3-4-8(14)12/h1-5H,(H,15,16). The lowest BCUT2D eigenvalue weighted by atomic mass is 10.4. The van der Waals surface area contributed by atoms with Gasteiger partial charge in [-0.3, -0.25) is 4.57 Å². The van der Waals surface area contributed by atoms with Gasteiger partial charge in [-0.2, -0.15) is 0 Å².